The summed E-state index contributed by atoms with van der Waals surface area (Å²) in [6, 6.07) is 18.3. The summed E-state index contributed by atoms with van der Waals surface area (Å²) < 4.78 is 0. The molecule has 3 rings (SSSR count). The first-order chi connectivity index (χ1) is 13.9. The van der Waals surface area contributed by atoms with Gasteiger partial charge < -0.3 is 15.7 Å². The van der Waals surface area contributed by atoms with Gasteiger partial charge in [-0.05, 0) is 48.3 Å². The molecule has 29 heavy (non-hydrogen) atoms. The van der Waals surface area contributed by atoms with Crippen LogP contribution in [0.5, 0.6) is 0 Å². The Morgan fingerprint density at radius 2 is 1.62 bits per heavy atom. The van der Waals surface area contributed by atoms with Gasteiger partial charge in [0.05, 0.1) is 5.92 Å². The summed E-state index contributed by atoms with van der Waals surface area (Å²) in [5.41, 5.74) is 9.79. The molecule has 5 heteroatoms. The van der Waals surface area contributed by atoms with E-state index in [4.69, 9.17) is 5.73 Å². The maximum absolute atomic E-state index is 11.9. The van der Waals surface area contributed by atoms with E-state index in [9.17, 15) is 14.7 Å². The number of carboxylic acids is 1. The first kappa shape index (κ1) is 21.1. The summed E-state index contributed by atoms with van der Waals surface area (Å²) in [6.45, 7) is 2.84. The summed E-state index contributed by atoms with van der Waals surface area (Å²) in [5, 5.41) is 9.74. The molecule has 1 unspecified atom stereocenters. The number of nitrogens with zero attached hydrogens (tertiary/aromatic N) is 1. The van der Waals surface area contributed by atoms with Gasteiger partial charge in [0.2, 0.25) is 5.91 Å². The fourth-order valence-corrected chi connectivity index (χ4v) is 4.29. The van der Waals surface area contributed by atoms with E-state index in [1.807, 2.05) is 18.2 Å². The van der Waals surface area contributed by atoms with Crippen molar-refractivity contribution in [2.24, 2.45) is 17.6 Å². The second kappa shape index (κ2) is 9.70. The molecule has 2 atom stereocenters. The van der Waals surface area contributed by atoms with Crippen LogP contribution in [0.4, 0.5) is 0 Å². The molecule has 1 heterocycles. The number of carbonyl (C=O) groups excluding carboxylic acids is 1. The summed E-state index contributed by atoms with van der Waals surface area (Å²) >= 11 is 0. The predicted molar refractivity (Wildman–Crippen MR) is 114 cm³/mol. The van der Waals surface area contributed by atoms with Gasteiger partial charge >= 0.3 is 5.97 Å². The molecule has 0 radical (unpaired) electrons. The number of hydrogen-bond acceptors (Lipinski definition) is 3. The van der Waals surface area contributed by atoms with Gasteiger partial charge in [-0.25, -0.2) is 0 Å². The Morgan fingerprint density at radius 3 is 2.17 bits per heavy atom. The van der Waals surface area contributed by atoms with Crippen molar-refractivity contribution in [1.29, 1.82) is 0 Å². The lowest BCUT2D eigenvalue weighted by Gasteiger charge is -2.35. The largest absolute Gasteiger partial charge is 0.481 e. The van der Waals surface area contributed by atoms with Crippen molar-refractivity contribution in [3.63, 3.8) is 0 Å². The summed E-state index contributed by atoms with van der Waals surface area (Å²) in [5.74, 6) is -1.09. The van der Waals surface area contributed by atoms with Gasteiger partial charge in [-0.2, -0.15) is 0 Å². The number of nitrogens with two attached hydrogens (primary N) is 1. The smallest absolute Gasteiger partial charge is 0.306 e. The molecule has 0 aromatic heterocycles. The van der Waals surface area contributed by atoms with Crippen molar-refractivity contribution < 1.29 is 14.7 Å². The van der Waals surface area contributed by atoms with Crippen LogP contribution in [0.3, 0.4) is 0 Å². The number of amides is 1. The third-order valence-electron chi connectivity index (χ3n) is 5.99. The highest BCUT2D eigenvalue weighted by atomic mass is 16.4. The van der Waals surface area contributed by atoms with Crippen molar-refractivity contribution in [1.82, 2.24) is 4.90 Å². The van der Waals surface area contributed by atoms with Crippen LogP contribution in [-0.2, 0) is 16.0 Å². The number of benzene rings is 2. The Hall–Kier alpha value is -2.66. The molecule has 3 N–H and O–H groups in total. The average Bonchev–Trinajstić information content (AvgIpc) is 2.73. The van der Waals surface area contributed by atoms with Crippen LogP contribution < -0.4 is 5.73 Å². The first-order valence-electron chi connectivity index (χ1n) is 10.3. The predicted octanol–water partition coefficient (Wildman–Crippen LogP) is 3.57. The molecule has 1 aliphatic rings. The minimum absolute atomic E-state index is 0.0611. The van der Waals surface area contributed by atoms with Crippen molar-refractivity contribution >= 4 is 11.9 Å². The molecule has 2 aromatic carbocycles. The van der Waals surface area contributed by atoms with E-state index in [-0.39, 0.29) is 17.9 Å². The molecule has 0 saturated carbocycles. The number of hydrogen-bond donors (Lipinski definition) is 2. The molecule has 2 aromatic rings. The number of aliphatic carboxylic acids is 1. The van der Waals surface area contributed by atoms with E-state index in [1.165, 1.54) is 5.56 Å². The molecule has 0 bridgehead atoms. The molecule has 154 valence electrons. The standard InChI is InChI=1S/C24H30N2O3/c1-17(27)26-13-11-21(12-14-26)23(24(28)29)16-22(25)15-18-7-9-20(10-8-18)19-5-3-2-4-6-19/h2-10,21-23H,11-16,25H2,1H3,(H,28,29)/t22-,23?/m1/s1. The Balaban J connectivity index is 1.57. The zero-order valence-corrected chi connectivity index (χ0v) is 17.0. The Morgan fingerprint density at radius 1 is 1.03 bits per heavy atom. The lowest BCUT2D eigenvalue weighted by Crippen LogP contribution is -2.42. The second-order valence-corrected chi connectivity index (χ2v) is 8.05. The molecule has 0 spiro atoms. The molecule has 1 aliphatic heterocycles. The van der Waals surface area contributed by atoms with Crippen LogP contribution in [-0.4, -0.2) is 41.0 Å². The third kappa shape index (κ3) is 5.67. The molecular weight excluding hydrogens is 364 g/mol. The molecule has 1 amide bonds. The van der Waals surface area contributed by atoms with Crippen molar-refractivity contribution in [2.75, 3.05) is 13.1 Å². The maximum atomic E-state index is 11.9. The zero-order chi connectivity index (χ0) is 20.8. The van der Waals surface area contributed by atoms with Gasteiger partial charge in [0, 0.05) is 26.1 Å². The number of carbonyl (C=O) groups is 2. The summed E-state index contributed by atoms with van der Waals surface area (Å²) in [7, 11) is 0. The van der Waals surface area contributed by atoms with Crippen LogP contribution in [0, 0.1) is 11.8 Å². The maximum Gasteiger partial charge on any atom is 0.306 e. The SMILES string of the molecule is CC(=O)N1CCC(C(C[C@H](N)Cc2ccc(-c3ccccc3)cc2)C(=O)O)CC1. The van der Waals surface area contributed by atoms with Gasteiger partial charge in [0.15, 0.2) is 0 Å². The van der Waals surface area contributed by atoms with E-state index in [0.717, 1.165) is 24.0 Å². The molecule has 1 fully saturated rings. The van der Waals surface area contributed by atoms with Crippen molar-refractivity contribution in [3.8, 4) is 11.1 Å². The highest BCUT2D eigenvalue weighted by Gasteiger charge is 2.33. The average molecular weight is 395 g/mol. The first-order valence-corrected chi connectivity index (χ1v) is 10.3. The Labute approximate surface area is 172 Å². The number of rotatable bonds is 7. The van der Waals surface area contributed by atoms with Gasteiger partial charge in [-0.3, -0.25) is 9.59 Å². The van der Waals surface area contributed by atoms with Crippen LogP contribution >= 0.6 is 0 Å². The monoisotopic (exact) mass is 394 g/mol. The van der Waals surface area contributed by atoms with Crippen molar-refractivity contribution in [3.05, 3.63) is 60.2 Å². The minimum atomic E-state index is -0.777. The summed E-state index contributed by atoms with van der Waals surface area (Å²) in [4.78, 5) is 25.2. The van der Waals surface area contributed by atoms with E-state index >= 15 is 0 Å². The fraction of sp³-hybridized carbons (Fsp3) is 0.417. The van der Waals surface area contributed by atoms with Gasteiger partial charge in [-0.1, -0.05) is 54.6 Å². The van der Waals surface area contributed by atoms with Crippen molar-refractivity contribution in [2.45, 2.75) is 38.6 Å². The van der Waals surface area contributed by atoms with E-state index in [0.29, 0.717) is 25.9 Å². The zero-order valence-electron chi connectivity index (χ0n) is 17.0. The molecule has 1 saturated heterocycles. The number of likely N-dealkylation sites (tertiary alicyclic amines) is 1. The fourth-order valence-electron chi connectivity index (χ4n) is 4.29. The Kier molecular flexibility index (Phi) is 7.04. The van der Waals surface area contributed by atoms with Gasteiger partial charge in [0.25, 0.3) is 0 Å². The third-order valence-corrected chi connectivity index (χ3v) is 5.99. The van der Waals surface area contributed by atoms with Crippen LogP contribution in [0.1, 0.15) is 31.7 Å². The van der Waals surface area contributed by atoms with Crippen LogP contribution in [0.15, 0.2) is 54.6 Å². The number of piperidine rings is 1. The lowest BCUT2D eigenvalue weighted by molar-refractivity contribution is -0.145. The minimum Gasteiger partial charge on any atom is -0.481 e. The van der Waals surface area contributed by atoms with E-state index < -0.39 is 11.9 Å². The lowest BCUT2D eigenvalue weighted by atomic mass is 9.80. The summed E-state index contributed by atoms with van der Waals surface area (Å²) in [6.07, 6.45) is 2.58. The van der Waals surface area contributed by atoms with Gasteiger partial charge in [0.1, 0.15) is 0 Å². The van der Waals surface area contributed by atoms with Gasteiger partial charge in [-0.15, -0.1) is 0 Å². The Bertz CT molecular complexity index is 812. The highest BCUT2D eigenvalue weighted by molar-refractivity contribution is 5.73. The van der Waals surface area contributed by atoms with Crippen LogP contribution in [0.25, 0.3) is 11.1 Å². The van der Waals surface area contributed by atoms with E-state index in [1.54, 1.807) is 11.8 Å². The van der Waals surface area contributed by atoms with E-state index in [2.05, 4.69) is 36.4 Å². The molecule has 5 nitrogen and oxygen atoms in total. The highest BCUT2D eigenvalue weighted by Crippen LogP contribution is 2.29. The van der Waals surface area contributed by atoms with Crippen LogP contribution in [0.2, 0.25) is 0 Å². The normalized spacial score (nSPS) is 17.0. The second-order valence-electron chi connectivity index (χ2n) is 8.05. The molecule has 0 aliphatic carbocycles. The quantitative estimate of drug-likeness (QED) is 0.752. The topological polar surface area (TPSA) is 83.6 Å². The number of carboxylic acid groups (broad SMARTS) is 1. The molecular formula is C24H30N2O3.